The molecule has 54 heavy (non-hydrogen) atoms. The fraction of sp³-hybridized carbons (Fsp3) is 0.667. The molecule has 2 saturated carbocycles. The first kappa shape index (κ1) is 40.1. The van der Waals surface area contributed by atoms with Gasteiger partial charge in [0.2, 0.25) is 11.8 Å². The van der Waals surface area contributed by atoms with Crippen molar-refractivity contribution in [1.82, 2.24) is 10.6 Å². The summed E-state index contributed by atoms with van der Waals surface area (Å²) in [6, 6.07) is 6.87. The average molecular weight is 751 g/mol. The molecule has 2 saturated heterocycles. The van der Waals surface area contributed by atoms with Crippen LogP contribution in [0.3, 0.4) is 0 Å². The second-order valence-electron chi connectivity index (χ2n) is 17.5. The van der Waals surface area contributed by atoms with E-state index < -0.39 is 47.8 Å². The van der Waals surface area contributed by atoms with Gasteiger partial charge in [0.1, 0.15) is 30.7 Å². The minimum absolute atomic E-state index is 0.0173. The van der Waals surface area contributed by atoms with Crippen LogP contribution >= 0.6 is 0 Å². The van der Waals surface area contributed by atoms with Gasteiger partial charge in [-0.2, -0.15) is 0 Å². The SMILES string of the molecule is CC(C)(C)OC(=O)CCC(CO)NC(=O)CCNC(=O)C1=CC2OCOC2C(OC(=O)c2ccc(C=C3CCC4OC4(C)CCC4C3CC4(C)C)cc2)C1. The van der Waals surface area contributed by atoms with Crippen LogP contribution in [0.15, 0.2) is 41.5 Å². The highest BCUT2D eigenvalue weighted by Crippen LogP contribution is 2.59. The molecule has 0 spiro atoms. The Labute approximate surface area is 318 Å². The molecule has 6 rings (SSSR count). The number of amides is 2. The highest BCUT2D eigenvalue weighted by Gasteiger charge is 2.56. The molecule has 0 aromatic heterocycles. The van der Waals surface area contributed by atoms with Crippen LogP contribution in [0.5, 0.6) is 0 Å². The number of fused-ring (bicyclic) bond motifs is 3. The van der Waals surface area contributed by atoms with E-state index >= 15 is 0 Å². The molecule has 2 amide bonds. The van der Waals surface area contributed by atoms with E-state index in [-0.39, 0.29) is 57.1 Å². The van der Waals surface area contributed by atoms with Gasteiger partial charge >= 0.3 is 11.9 Å². The Morgan fingerprint density at radius 3 is 2.52 bits per heavy atom. The monoisotopic (exact) mass is 750 g/mol. The zero-order valence-electron chi connectivity index (χ0n) is 32.6. The van der Waals surface area contributed by atoms with Crippen molar-refractivity contribution in [2.45, 2.75) is 141 Å². The lowest BCUT2D eigenvalue weighted by molar-refractivity contribution is -0.155. The molecule has 8 unspecified atom stereocenters. The van der Waals surface area contributed by atoms with Crippen LogP contribution in [0.1, 0.15) is 115 Å². The minimum Gasteiger partial charge on any atom is -0.460 e. The number of nitrogens with one attached hydrogen (secondary N) is 2. The number of hydrogen-bond donors (Lipinski definition) is 3. The molecular formula is C42H58N2O10. The molecule has 296 valence electrons. The maximum atomic E-state index is 13.4. The molecule has 0 bridgehead atoms. The van der Waals surface area contributed by atoms with Crippen molar-refractivity contribution in [3.63, 3.8) is 0 Å². The molecule has 12 heteroatoms. The van der Waals surface area contributed by atoms with Gasteiger partial charge in [-0.25, -0.2) is 4.79 Å². The van der Waals surface area contributed by atoms with Gasteiger partial charge < -0.3 is 39.4 Å². The number of carbonyl (C=O) groups excluding carboxylic acids is 4. The maximum absolute atomic E-state index is 13.4. The topological polar surface area (TPSA) is 162 Å². The summed E-state index contributed by atoms with van der Waals surface area (Å²) in [6.45, 7) is 12.1. The predicted molar refractivity (Wildman–Crippen MR) is 200 cm³/mol. The van der Waals surface area contributed by atoms with Crippen LogP contribution in [-0.2, 0) is 38.1 Å². The third-order valence-electron chi connectivity index (χ3n) is 11.8. The van der Waals surface area contributed by atoms with Crippen LogP contribution in [0.25, 0.3) is 6.08 Å². The molecular weight excluding hydrogens is 692 g/mol. The normalized spacial score (nSPS) is 31.1. The van der Waals surface area contributed by atoms with Crippen molar-refractivity contribution < 1.29 is 48.0 Å². The Bertz CT molecular complexity index is 1630. The van der Waals surface area contributed by atoms with E-state index in [0.29, 0.717) is 34.5 Å². The van der Waals surface area contributed by atoms with Crippen molar-refractivity contribution in [3.8, 4) is 0 Å². The van der Waals surface area contributed by atoms with Crippen LogP contribution in [0.4, 0.5) is 0 Å². The van der Waals surface area contributed by atoms with Gasteiger partial charge in [0.05, 0.1) is 29.9 Å². The number of epoxide rings is 1. The molecule has 8 atom stereocenters. The van der Waals surface area contributed by atoms with E-state index in [1.807, 2.05) is 12.1 Å². The molecule has 0 radical (unpaired) electrons. The number of aliphatic hydroxyl groups excluding tert-OH is 1. The summed E-state index contributed by atoms with van der Waals surface area (Å²) in [5.41, 5.74) is 3.06. The Morgan fingerprint density at radius 2 is 1.81 bits per heavy atom. The van der Waals surface area contributed by atoms with Gasteiger partial charge in [-0.05, 0) is 107 Å². The largest absolute Gasteiger partial charge is 0.460 e. The minimum atomic E-state index is -0.746. The zero-order valence-corrected chi connectivity index (χ0v) is 32.6. The van der Waals surface area contributed by atoms with Gasteiger partial charge in [0, 0.05) is 31.4 Å². The highest BCUT2D eigenvalue weighted by molar-refractivity contribution is 5.94. The molecule has 2 aliphatic heterocycles. The van der Waals surface area contributed by atoms with E-state index in [0.717, 1.165) is 24.8 Å². The number of esters is 2. The first-order chi connectivity index (χ1) is 25.5. The van der Waals surface area contributed by atoms with Crippen LogP contribution in [-0.4, -0.2) is 90.5 Å². The number of benzene rings is 1. The quantitative estimate of drug-likeness (QED) is 0.192. The van der Waals surface area contributed by atoms with Crippen LogP contribution in [0, 0.1) is 17.3 Å². The van der Waals surface area contributed by atoms with Gasteiger partial charge in [0.15, 0.2) is 0 Å². The molecule has 3 N–H and O–H groups in total. The second-order valence-corrected chi connectivity index (χ2v) is 17.5. The van der Waals surface area contributed by atoms with E-state index in [4.69, 9.17) is 23.7 Å². The number of hydrogen-bond acceptors (Lipinski definition) is 10. The molecule has 1 aromatic carbocycles. The van der Waals surface area contributed by atoms with Crippen molar-refractivity contribution in [3.05, 3.63) is 52.6 Å². The lowest BCUT2D eigenvalue weighted by atomic mass is 9.52. The van der Waals surface area contributed by atoms with Gasteiger partial charge in [-0.15, -0.1) is 0 Å². The standard InChI is InChI=1S/C42H58N2O10/c1-40(2,3)54-36(47)14-12-29(23-45)44-35(46)16-18-43-38(48)28-20-32-37(51-24-50-32)33(21-28)52-39(49)26-9-7-25(8-10-26)19-27-11-13-34-42(6,53-34)17-15-31-30(27)22-41(31,4)5/h7-10,19-20,29-34,37,45H,11-18,21-24H2,1-6H3,(H,43,48)(H,44,46). The average Bonchev–Trinajstić information content (AvgIpc) is 3.48. The summed E-state index contributed by atoms with van der Waals surface area (Å²) in [6.07, 6.45) is 8.40. The van der Waals surface area contributed by atoms with E-state index in [2.05, 4.69) is 37.5 Å². The Balaban J connectivity index is 0.999. The molecule has 12 nitrogen and oxygen atoms in total. The van der Waals surface area contributed by atoms with Crippen LogP contribution < -0.4 is 10.6 Å². The molecule has 2 heterocycles. The van der Waals surface area contributed by atoms with Crippen molar-refractivity contribution >= 4 is 29.8 Å². The maximum Gasteiger partial charge on any atom is 0.338 e. The fourth-order valence-corrected chi connectivity index (χ4v) is 8.66. The number of carbonyl (C=O) groups is 4. The molecule has 3 aliphatic carbocycles. The Kier molecular flexibility index (Phi) is 12.1. The van der Waals surface area contributed by atoms with E-state index in [1.165, 1.54) is 18.4 Å². The Hall–Kier alpha value is -3.58. The van der Waals surface area contributed by atoms with E-state index in [1.54, 1.807) is 39.0 Å². The smallest absolute Gasteiger partial charge is 0.338 e. The van der Waals surface area contributed by atoms with Crippen molar-refractivity contribution in [2.24, 2.45) is 17.3 Å². The summed E-state index contributed by atoms with van der Waals surface area (Å²) in [5, 5.41) is 15.1. The third kappa shape index (κ3) is 9.80. The van der Waals surface area contributed by atoms with Crippen molar-refractivity contribution in [1.29, 1.82) is 0 Å². The van der Waals surface area contributed by atoms with Crippen molar-refractivity contribution in [2.75, 3.05) is 19.9 Å². The molecule has 5 aliphatic rings. The van der Waals surface area contributed by atoms with Crippen LogP contribution in [0.2, 0.25) is 0 Å². The summed E-state index contributed by atoms with van der Waals surface area (Å²) in [4.78, 5) is 51.1. The molecule has 4 fully saturated rings. The fourth-order valence-electron chi connectivity index (χ4n) is 8.66. The van der Waals surface area contributed by atoms with Gasteiger partial charge in [-0.1, -0.05) is 37.6 Å². The van der Waals surface area contributed by atoms with E-state index in [9.17, 15) is 24.3 Å². The summed E-state index contributed by atoms with van der Waals surface area (Å²) in [7, 11) is 0. The third-order valence-corrected chi connectivity index (χ3v) is 11.8. The lowest BCUT2D eigenvalue weighted by Gasteiger charge is -2.53. The first-order valence-electron chi connectivity index (χ1n) is 19.6. The summed E-state index contributed by atoms with van der Waals surface area (Å²) in [5.74, 6) is -0.479. The zero-order chi connectivity index (χ0) is 38.8. The number of aliphatic hydroxyl groups is 1. The van der Waals surface area contributed by atoms with Gasteiger partial charge in [-0.3, -0.25) is 14.4 Å². The first-order valence-corrected chi connectivity index (χ1v) is 19.6. The van der Waals surface area contributed by atoms with Gasteiger partial charge in [0.25, 0.3) is 0 Å². The number of ether oxygens (including phenoxy) is 5. The molecule has 1 aromatic rings. The summed E-state index contributed by atoms with van der Waals surface area (Å²) < 4.78 is 28.8. The Morgan fingerprint density at radius 1 is 1.06 bits per heavy atom. The summed E-state index contributed by atoms with van der Waals surface area (Å²) >= 11 is 0. The highest BCUT2D eigenvalue weighted by atomic mass is 16.7. The predicted octanol–water partition coefficient (Wildman–Crippen LogP) is 5.17. The number of rotatable bonds is 12. The second kappa shape index (κ2) is 16.3. The lowest BCUT2D eigenvalue weighted by Crippen LogP contribution is -2.45. The number of allylic oxidation sites excluding steroid dienone is 1.